The van der Waals surface area contributed by atoms with Crippen LogP contribution < -0.4 is 11.1 Å². The lowest BCUT2D eigenvalue weighted by atomic mass is 9.80. The average Bonchev–Trinajstić information content (AvgIpc) is 2.26. The van der Waals surface area contributed by atoms with E-state index in [1.807, 2.05) is 0 Å². The van der Waals surface area contributed by atoms with E-state index in [1.54, 1.807) is 18.3 Å². The maximum absolute atomic E-state index is 12.0. The van der Waals surface area contributed by atoms with Gasteiger partial charge >= 0.3 is 0 Å². The first kappa shape index (κ1) is 12.0. The van der Waals surface area contributed by atoms with Crippen molar-refractivity contribution in [1.82, 2.24) is 10.3 Å². The van der Waals surface area contributed by atoms with Gasteiger partial charge in [0.05, 0.1) is 5.69 Å². The van der Waals surface area contributed by atoms with E-state index in [1.165, 1.54) is 19.3 Å². The van der Waals surface area contributed by atoms with Crippen molar-refractivity contribution in [2.24, 2.45) is 11.7 Å². The third kappa shape index (κ3) is 2.82. The zero-order valence-electron chi connectivity index (χ0n) is 10.1. The fraction of sp³-hybridized carbons (Fsp3) is 0.538. The molecule has 0 saturated heterocycles. The number of nitrogens with two attached hydrogens (primary N) is 1. The summed E-state index contributed by atoms with van der Waals surface area (Å²) in [5, 5.41) is 3.04. The van der Waals surface area contributed by atoms with Crippen molar-refractivity contribution in [3.8, 4) is 0 Å². The summed E-state index contributed by atoms with van der Waals surface area (Å²) in [6, 6.07) is 3.73. The minimum Gasteiger partial charge on any atom is -0.349 e. The molecule has 0 spiro atoms. The Bertz CT molecular complexity index is 401. The Kier molecular flexibility index (Phi) is 3.74. The van der Waals surface area contributed by atoms with Gasteiger partial charge in [-0.25, -0.2) is 0 Å². The Balaban J connectivity index is 1.98. The Hall–Kier alpha value is -1.42. The van der Waals surface area contributed by atoms with Gasteiger partial charge in [-0.2, -0.15) is 0 Å². The average molecular weight is 233 g/mol. The van der Waals surface area contributed by atoms with Crippen molar-refractivity contribution in [1.29, 1.82) is 0 Å². The summed E-state index contributed by atoms with van der Waals surface area (Å²) in [6.45, 7) is 2.44. The molecular weight excluding hydrogens is 214 g/mol. The van der Waals surface area contributed by atoms with Gasteiger partial charge in [0, 0.05) is 24.3 Å². The highest BCUT2D eigenvalue weighted by atomic mass is 16.1. The zero-order chi connectivity index (χ0) is 12.3. The van der Waals surface area contributed by atoms with Gasteiger partial charge in [-0.15, -0.1) is 0 Å². The van der Waals surface area contributed by atoms with Crippen LogP contribution >= 0.6 is 0 Å². The molecule has 1 unspecified atom stereocenters. The smallest absolute Gasteiger partial charge is 0.251 e. The predicted molar refractivity (Wildman–Crippen MR) is 66.4 cm³/mol. The van der Waals surface area contributed by atoms with Crippen LogP contribution in [0.3, 0.4) is 0 Å². The van der Waals surface area contributed by atoms with Crippen molar-refractivity contribution in [3.63, 3.8) is 0 Å². The summed E-state index contributed by atoms with van der Waals surface area (Å²) in [6.07, 6.45) is 5.38. The number of amides is 1. The van der Waals surface area contributed by atoms with E-state index in [2.05, 4.69) is 17.2 Å². The highest BCUT2D eigenvalue weighted by molar-refractivity contribution is 5.94. The molecule has 0 bridgehead atoms. The predicted octanol–water partition coefficient (Wildman–Crippen LogP) is 1.46. The minimum atomic E-state index is -0.0264. The molecule has 1 fully saturated rings. The molecule has 1 saturated carbocycles. The minimum absolute atomic E-state index is 0.0264. The van der Waals surface area contributed by atoms with E-state index in [4.69, 9.17) is 5.73 Å². The number of hydrogen-bond acceptors (Lipinski definition) is 3. The lowest BCUT2D eigenvalue weighted by Gasteiger charge is -2.31. The molecule has 1 aliphatic rings. The van der Waals surface area contributed by atoms with Crippen LogP contribution in [0.25, 0.3) is 0 Å². The molecule has 2 rings (SSSR count). The number of hydrogen-bond donors (Lipinski definition) is 2. The number of nitrogens with zero attached hydrogens (tertiary/aromatic N) is 1. The molecule has 1 amide bonds. The van der Waals surface area contributed by atoms with Crippen LogP contribution in [0.5, 0.6) is 0 Å². The lowest BCUT2D eigenvalue weighted by Crippen LogP contribution is -2.40. The first-order chi connectivity index (χ1) is 8.20. The van der Waals surface area contributed by atoms with Gasteiger partial charge in [0.15, 0.2) is 0 Å². The summed E-state index contributed by atoms with van der Waals surface area (Å²) in [5.41, 5.74) is 6.89. The van der Waals surface area contributed by atoms with Crippen LogP contribution in [0, 0.1) is 5.92 Å². The highest BCUT2D eigenvalue weighted by Crippen LogP contribution is 2.29. The zero-order valence-corrected chi connectivity index (χ0v) is 10.1. The second-order valence-electron chi connectivity index (χ2n) is 4.69. The van der Waals surface area contributed by atoms with Gasteiger partial charge in [-0.3, -0.25) is 9.78 Å². The van der Waals surface area contributed by atoms with Crippen LogP contribution in [-0.4, -0.2) is 16.9 Å². The van der Waals surface area contributed by atoms with Gasteiger partial charge in [0.25, 0.3) is 5.91 Å². The third-order valence-corrected chi connectivity index (χ3v) is 3.50. The Labute approximate surface area is 102 Å². The molecule has 0 aliphatic heterocycles. The molecule has 0 radical (unpaired) electrons. The number of nitrogens with one attached hydrogen (secondary N) is 1. The van der Waals surface area contributed by atoms with Gasteiger partial charge < -0.3 is 11.1 Å². The number of carbonyl (C=O) groups is 1. The summed E-state index contributed by atoms with van der Waals surface area (Å²) in [4.78, 5) is 16.1. The first-order valence-corrected chi connectivity index (χ1v) is 6.16. The highest BCUT2D eigenvalue weighted by Gasteiger charge is 2.25. The molecule has 17 heavy (non-hydrogen) atoms. The summed E-state index contributed by atoms with van der Waals surface area (Å²) >= 11 is 0. The second-order valence-corrected chi connectivity index (χ2v) is 4.69. The van der Waals surface area contributed by atoms with Crippen LogP contribution in [0.1, 0.15) is 42.2 Å². The normalized spacial score (nSPS) is 17.3. The maximum atomic E-state index is 12.0. The summed E-state index contributed by atoms with van der Waals surface area (Å²) in [7, 11) is 0. The van der Waals surface area contributed by atoms with Crippen molar-refractivity contribution < 1.29 is 4.79 Å². The molecular formula is C13H19N3O. The van der Waals surface area contributed by atoms with Crippen molar-refractivity contribution in [3.05, 3.63) is 29.6 Å². The maximum Gasteiger partial charge on any atom is 0.251 e. The molecule has 1 atom stereocenters. The lowest BCUT2D eigenvalue weighted by molar-refractivity contribution is 0.0909. The number of carbonyl (C=O) groups excluding carboxylic acids is 1. The molecule has 4 heteroatoms. The number of rotatable bonds is 4. The van der Waals surface area contributed by atoms with Crippen molar-refractivity contribution in [2.75, 3.05) is 0 Å². The van der Waals surface area contributed by atoms with Crippen molar-refractivity contribution >= 4 is 5.91 Å². The molecule has 0 aromatic carbocycles. The van der Waals surface area contributed by atoms with E-state index in [-0.39, 0.29) is 11.9 Å². The third-order valence-electron chi connectivity index (χ3n) is 3.50. The number of aromatic nitrogens is 1. The van der Waals surface area contributed by atoms with Crippen molar-refractivity contribution in [2.45, 2.75) is 38.8 Å². The van der Waals surface area contributed by atoms with E-state index >= 15 is 0 Å². The van der Waals surface area contributed by atoms with Gasteiger partial charge in [-0.1, -0.05) is 6.42 Å². The number of pyridine rings is 1. The van der Waals surface area contributed by atoms with E-state index in [0.717, 1.165) is 5.69 Å². The topological polar surface area (TPSA) is 68.0 Å². The molecule has 1 aromatic heterocycles. The first-order valence-electron chi connectivity index (χ1n) is 6.16. The molecule has 3 N–H and O–H groups in total. The van der Waals surface area contributed by atoms with Gasteiger partial charge in [0.1, 0.15) is 0 Å². The Morgan fingerprint density at radius 3 is 3.00 bits per heavy atom. The molecule has 4 nitrogen and oxygen atoms in total. The Morgan fingerprint density at radius 1 is 1.65 bits per heavy atom. The van der Waals surface area contributed by atoms with Crippen LogP contribution in [0.2, 0.25) is 0 Å². The van der Waals surface area contributed by atoms with Crippen LogP contribution in [-0.2, 0) is 6.54 Å². The second kappa shape index (κ2) is 5.27. The van der Waals surface area contributed by atoms with E-state index < -0.39 is 0 Å². The van der Waals surface area contributed by atoms with E-state index in [0.29, 0.717) is 18.0 Å². The van der Waals surface area contributed by atoms with Gasteiger partial charge in [-0.05, 0) is 37.8 Å². The molecule has 1 heterocycles. The molecule has 1 aliphatic carbocycles. The fourth-order valence-corrected chi connectivity index (χ4v) is 2.08. The summed E-state index contributed by atoms with van der Waals surface area (Å²) < 4.78 is 0. The van der Waals surface area contributed by atoms with Crippen LogP contribution in [0.15, 0.2) is 18.3 Å². The molecule has 1 aromatic rings. The van der Waals surface area contributed by atoms with Crippen LogP contribution in [0.4, 0.5) is 0 Å². The monoisotopic (exact) mass is 233 g/mol. The summed E-state index contributed by atoms with van der Waals surface area (Å²) in [5.74, 6) is 0.622. The Morgan fingerprint density at radius 2 is 2.41 bits per heavy atom. The van der Waals surface area contributed by atoms with Gasteiger partial charge in [0.2, 0.25) is 0 Å². The largest absolute Gasteiger partial charge is 0.349 e. The molecule has 92 valence electrons. The quantitative estimate of drug-likeness (QED) is 0.827. The van der Waals surface area contributed by atoms with E-state index in [9.17, 15) is 4.79 Å². The standard InChI is InChI=1S/C13H19N3O/c1-9(10-3-2-4-10)16-13(17)11-5-6-15-12(7-11)8-14/h5-7,9-10H,2-4,8,14H2,1H3,(H,16,17). The fourth-order valence-electron chi connectivity index (χ4n) is 2.08. The SMILES string of the molecule is CC(NC(=O)c1ccnc(CN)c1)C1CCC1.